The Hall–Kier alpha value is -0.700. The van der Waals surface area contributed by atoms with Crippen LogP contribution in [0.25, 0.3) is 0 Å². The second-order valence-corrected chi connectivity index (χ2v) is 3.42. The topological polar surface area (TPSA) is 41.3 Å². The second-order valence-electron chi connectivity index (χ2n) is 3.42. The summed E-state index contributed by atoms with van der Waals surface area (Å²) in [6, 6.07) is 0. The molecule has 1 saturated heterocycles. The zero-order chi connectivity index (χ0) is 9.68. The molecule has 1 aliphatic rings. The van der Waals surface area contributed by atoms with E-state index in [1.165, 1.54) is 5.70 Å². The van der Waals surface area contributed by atoms with Gasteiger partial charge in [0.25, 0.3) is 0 Å². The van der Waals surface area contributed by atoms with Crippen molar-refractivity contribution in [2.75, 3.05) is 26.2 Å². The molecule has 0 aromatic carbocycles. The minimum atomic E-state index is 0.965. The lowest BCUT2D eigenvalue weighted by atomic mass is 10.2. The SMILES string of the molecule is CC/C(N)=C(/CC)N1CCNCC1. The number of nitrogens with two attached hydrogens (primary N) is 1. The molecule has 1 aliphatic heterocycles. The summed E-state index contributed by atoms with van der Waals surface area (Å²) in [4.78, 5) is 2.41. The highest BCUT2D eigenvalue weighted by molar-refractivity contribution is 5.10. The van der Waals surface area contributed by atoms with Crippen molar-refractivity contribution in [3.63, 3.8) is 0 Å². The summed E-state index contributed by atoms with van der Waals surface area (Å²) in [6.07, 6.45) is 2.02. The highest BCUT2D eigenvalue weighted by Crippen LogP contribution is 2.13. The summed E-state index contributed by atoms with van der Waals surface area (Å²) in [7, 11) is 0. The van der Waals surface area contributed by atoms with E-state index in [-0.39, 0.29) is 0 Å². The molecular weight excluding hydrogens is 162 g/mol. The van der Waals surface area contributed by atoms with Gasteiger partial charge in [-0.2, -0.15) is 0 Å². The molecule has 0 atom stereocenters. The maximum atomic E-state index is 5.98. The van der Waals surface area contributed by atoms with Crippen LogP contribution in [0.2, 0.25) is 0 Å². The molecule has 0 amide bonds. The van der Waals surface area contributed by atoms with E-state index in [4.69, 9.17) is 5.73 Å². The number of hydrogen-bond donors (Lipinski definition) is 2. The minimum Gasteiger partial charge on any atom is -0.401 e. The number of piperazine rings is 1. The van der Waals surface area contributed by atoms with Gasteiger partial charge in [0.2, 0.25) is 0 Å². The molecule has 0 aromatic rings. The standard InChI is InChI=1S/C10H21N3/c1-3-9(11)10(4-2)13-7-5-12-6-8-13/h12H,3-8,11H2,1-2H3/b10-9+. The maximum absolute atomic E-state index is 5.98. The zero-order valence-electron chi connectivity index (χ0n) is 8.77. The smallest absolute Gasteiger partial charge is 0.0321 e. The van der Waals surface area contributed by atoms with E-state index < -0.39 is 0 Å². The first kappa shape index (κ1) is 10.4. The molecule has 0 aliphatic carbocycles. The van der Waals surface area contributed by atoms with Crippen molar-refractivity contribution in [1.29, 1.82) is 0 Å². The van der Waals surface area contributed by atoms with Crippen molar-refractivity contribution in [1.82, 2.24) is 10.2 Å². The number of allylic oxidation sites excluding steroid dienone is 2. The van der Waals surface area contributed by atoms with E-state index in [1.807, 2.05) is 0 Å². The van der Waals surface area contributed by atoms with Crippen LogP contribution in [0.1, 0.15) is 26.7 Å². The molecule has 3 nitrogen and oxygen atoms in total. The highest BCUT2D eigenvalue weighted by Gasteiger charge is 2.13. The van der Waals surface area contributed by atoms with Crippen LogP contribution in [0.3, 0.4) is 0 Å². The summed E-state index contributed by atoms with van der Waals surface area (Å²) in [5.41, 5.74) is 8.39. The summed E-state index contributed by atoms with van der Waals surface area (Å²) in [5, 5.41) is 3.35. The van der Waals surface area contributed by atoms with E-state index in [0.29, 0.717) is 0 Å². The molecule has 0 unspecified atom stereocenters. The molecule has 1 fully saturated rings. The van der Waals surface area contributed by atoms with Crippen LogP contribution in [-0.2, 0) is 0 Å². The van der Waals surface area contributed by atoms with Crippen LogP contribution in [0.15, 0.2) is 11.4 Å². The Morgan fingerprint density at radius 2 is 1.85 bits per heavy atom. The quantitative estimate of drug-likeness (QED) is 0.682. The van der Waals surface area contributed by atoms with Gasteiger partial charge >= 0.3 is 0 Å². The van der Waals surface area contributed by atoms with Gasteiger partial charge in [-0.05, 0) is 12.8 Å². The van der Waals surface area contributed by atoms with Gasteiger partial charge in [-0.25, -0.2) is 0 Å². The molecule has 1 rings (SSSR count). The van der Waals surface area contributed by atoms with Gasteiger partial charge in [-0.15, -0.1) is 0 Å². The lowest BCUT2D eigenvalue weighted by Crippen LogP contribution is -2.43. The molecule has 3 heteroatoms. The normalized spacial score (nSPS) is 20.0. The third-order valence-electron chi connectivity index (χ3n) is 2.59. The van der Waals surface area contributed by atoms with E-state index in [1.54, 1.807) is 0 Å². The van der Waals surface area contributed by atoms with Crippen LogP contribution >= 0.6 is 0 Å². The second kappa shape index (κ2) is 5.12. The Balaban J connectivity index is 2.64. The fourth-order valence-electron chi connectivity index (χ4n) is 1.79. The molecular formula is C10H21N3. The van der Waals surface area contributed by atoms with Crippen LogP contribution in [0.5, 0.6) is 0 Å². The van der Waals surface area contributed by atoms with Crippen molar-refractivity contribution >= 4 is 0 Å². The Kier molecular flexibility index (Phi) is 4.09. The van der Waals surface area contributed by atoms with Gasteiger partial charge in [-0.1, -0.05) is 13.8 Å². The maximum Gasteiger partial charge on any atom is 0.0321 e. The van der Waals surface area contributed by atoms with E-state index in [9.17, 15) is 0 Å². The first-order valence-electron chi connectivity index (χ1n) is 5.22. The molecule has 1 heterocycles. The van der Waals surface area contributed by atoms with Crippen LogP contribution < -0.4 is 11.1 Å². The number of nitrogens with one attached hydrogen (secondary N) is 1. The Morgan fingerprint density at radius 3 is 2.31 bits per heavy atom. The van der Waals surface area contributed by atoms with Gasteiger partial charge in [0.15, 0.2) is 0 Å². The number of nitrogens with zero attached hydrogens (tertiary/aromatic N) is 1. The van der Waals surface area contributed by atoms with Crippen molar-refractivity contribution in [2.45, 2.75) is 26.7 Å². The number of rotatable bonds is 3. The van der Waals surface area contributed by atoms with Crippen molar-refractivity contribution in [3.8, 4) is 0 Å². The van der Waals surface area contributed by atoms with Crippen LogP contribution in [-0.4, -0.2) is 31.1 Å². The fraction of sp³-hybridized carbons (Fsp3) is 0.800. The highest BCUT2D eigenvalue weighted by atomic mass is 15.2. The Morgan fingerprint density at radius 1 is 1.23 bits per heavy atom. The monoisotopic (exact) mass is 183 g/mol. The van der Waals surface area contributed by atoms with Crippen LogP contribution in [0, 0.1) is 0 Å². The lowest BCUT2D eigenvalue weighted by Gasteiger charge is -2.32. The Labute approximate surface area is 81.0 Å². The third kappa shape index (κ3) is 2.62. The summed E-state index contributed by atoms with van der Waals surface area (Å²) < 4.78 is 0. The van der Waals surface area contributed by atoms with Gasteiger partial charge in [0.05, 0.1) is 0 Å². The molecule has 13 heavy (non-hydrogen) atoms. The van der Waals surface area contributed by atoms with E-state index in [2.05, 4.69) is 24.1 Å². The largest absolute Gasteiger partial charge is 0.401 e. The van der Waals surface area contributed by atoms with Gasteiger partial charge < -0.3 is 16.0 Å². The average Bonchev–Trinajstić information content (AvgIpc) is 2.20. The minimum absolute atomic E-state index is 0.965. The molecule has 0 bridgehead atoms. The molecule has 0 radical (unpaired) electrons. The van der Waals surface area contributed by atoms with Gasteiger partial charge in [0, 0.05) is 37.6 Å². The summed E-state index contributed by atoms with van der Waals surface area (Å²) in [5.74, 6) is 0. The van der Waals surface area contributed by atoms with Crippen molar-refractivity contribution in [3.05, 3.63) is 11.4 Å². The van der Waals surface area contributed by atoms with Crippen molar-refractivity contribution < 1.29 is 0 Å². The van der Waals surface area contributed by atoms with Gasteiger partial charge in [-0.3, -0.25) is 0 Å². The van der Waals surface area contributed by atoms with E-state index >= 15 is 0 Å². The lowest BCUT2D eigenvalue weighted by molar-refractivity contribution is 0.288. The third-order valence-corrected chi connectivity index (χ3v) is 2.59. The predicted molar refractivity (Wildman–Crippen MR) is 56.2 cm³/mol. The van der Waals surface area contributed by atoms with Crippen molar-refractivity contribution in [2.24, 2.45) is 5.73 Å². The molecule has 76 valence electrons. The molecule has 0 saturated carbocycles. The zero-order valence-corrected chi connectivity index (χ0v) is 8.77. The van der Waals surface area contributed by atoms with Crippen LogP contribution in [0.4, 0.5) is 0 Å². The number of hydrogen-bond acceptors (Lipinski definition) is 3. The first-order valence-corrected chi connectivity index (χ1v) is 5.22. The van der Waals surface area contributed by atoms with E-state index in [0.717, 1.165) is 44.7 Å². The van der Waals surface area contributed by atoms with Gasteiger partial charge in [0.1, 0.15) is 0 Å². The summed E-state index contributed by atoms with van der Waals surface area (Å²) in [6.45, 7) is 8.67. The molecule has 3 N–H and O–H groups in total. The predicted octanol–water partition coefficient (Wildman–Crippen LogP) is 0.882. The first-order chi connectivity index (χ1) is 6.29. The average molecular weight is 183 g/mol. The summed E-state index contributed by atoms with van der Waals surface area (Å²) >= 11 is 0. The Bertz CT molecular complexity index is 181. The fourth-order valence-corrected chi connectivity index (χ4v) is 1.79. The molecule has 0 aromatic heterocycles. The molecule has 0 spiro atoms.